The molecular formula is C34H34Cl2N6O6S2. The molecule has 2 unspecified atom stereocenters. The van der Waals surface area contributed by atoms with Crippen LogP contribution in [-0.4, -0.2) is 56.2 Å². The summed E-state index contributed by atoms with van der Waals surface area (Å²) in [7, 11) is 0. The van der Waals surface area contributed by atoms with Gasteiger partial charge in [-0.1, -0.05) is 73.0 Å². The van der Waals surface area contributed by atoms with Crippen LogP contribution in [0.2, 0.25) is 10.0 Å². The Bertz CT molecular complexity index is 1950. The van der Waals surface area contributed by atoms with Crippen LogP contribution in [0.3, 0.4) is 0 Å². The molecule has 2 aromatic heterocycles. The second kappa shape index (κ2) is 17.5. The molecule has 4 aromatic rings. The summed E-state index contributed by atoms with van der Waals surface area (Å²) < 4.78 is 0. The second-order valence-corrected chi connectivity index (χ2v) is 14.5. The summed E-state index contributed by atoms with van der Waals surface area (Å²) in [6.07, 6.45) is 6.04. The summed E-state index contributed by atoms with van der Waals surface area (Å²) in [5.41, 5.74) is 2.49. The Morgan fingerprint density at radius 2 is 1.36 bits per heavy atom. The number of aliphatic carboxylic acids is 2. The highest BCUT2D eigenvalue weighted by molar-refractivity contribution is 7.14. The third kappa shape index (κ3) is 10.0. The summed E-state index contributed by atoms with van der Waals surface area (Å²) in [5, 5.41) is 28.0. The van der Waals surface area contributed by atoms with Crippen LogP contribution >= 0.6 is 45.9 Å². The Balaban J connectivity index is 1.44. The number of thiazole rings is 2. The predicted octanol–water partition coefficient (Wildman–Crippen LogP) is 7.51. The van der Waals surface area contributed by atoms with Gasteiger partial charge in [0.2, 0.25) is 0 Å². The highest BCUT2D eigenvalue weighted by Crippen LogP contribution is 2.40. The van der Waals surface area contributed by atoms with E-state index in [4.69, 9.17) is 23.2 Å². The van der Waals surface area contributed by atoms with Crippen molar-refractivity contribution >= 4 is 87.2 Å². The van der Waals surface area contributed by atoms with Crippen molar-refractivity contribution in [3.05, 3.63) is 90.3 Å². The van der Waals surface area contributed by atoms with Crippen molar-refractivity contribution in [1.29, 1.82) is 0 Å². The second-order valence-electron chi connectivity index (χ2n) is 11.5. The number of carboxylic acid groups (broad SMARTS) is 2. The van der Waals surface area contributed by atoms with E-state index in [1.54, 1.807) is 56.3 Å². The molecule has 0 aliphatic carbocycles. The molecule has 0 saturated carbocycles. The summed E-state index contributed by atoms with van der Waals surface area (Å²) in [4.78, 5) is 63.0. The van der Waals surface area contributed by atoms with Gasteiger partial charge in [0, 0.05) is 46.0 Å². The van der Waals surface area contributed by atoms with E-state index in [0.717, 1.165) is 28.2 Å². The molecule has 2 aromatic carbocycles. The molecule has 50 heavy (non-hydrogen) atoms. The van der Waals surface area contributed by atoms with Gasteiger partial charge in [0.25, 0.3) is 11.8 Å². The van der Waals surface area contributed by atoms with Crippen LogP contribution in [0, 0.1) is 11.8 Å². The molecule has 2 amide bonds. The minimum absolute atomic E-state index is 0.114. The number of hydrogen-bond donors (Lipinski definition) is 5. The molecule has 12 nitrogen and oxygen atoms in total. The van der Waals surface area contributed by atoms with Gasteiger partial charge >= 0.3 is 11.9 Å². The number of carbonyl (C=O) groups excluding carboxylic acids is 2. The first-order valence-corrected chi connectivity index (χ1v) is 17.6. The number of benzene rings is 2. The summed E-state index contributed by atoms with van der Waals surface area (Å²) in [5.74, 6) is -3.77. The van der Waals surface area contributed by atoms with Gasteiger partial charge in [-0.15, -0.1) is 22.7 Å². The maximum Gasteiger partial charge on any atom is 0.324 e. The zero-order chi connectivity index (χ0) is 36.5. The molecule has 0 bridgehead atoms. The van der Waals surface area contributed by atoms with Gasteiger partial charge in [0.1, 0.15) is 6.04 Å². The van der Waals surface area contributed by atoms with Gasteiger partial charge in [0.05, 0.1) is 33.9 Å². The third-order valence-electron chi connectivity index (χ3n) is 7.06. The fraction of sp³-hybridized carbons (Fsp3) is 0.265. The Hall–Kier alpha value is -4.47. The summed E-state index contributed by atoms with van der Waals surface area (Å²) in [6.45, 7) is 7.62. The Kier molecular flexibility index (Phi) is 13.4. The number of hydrogen-bond acceptors (Lipinski definition) is 10. The molecule has 0 fully saturated rings. The predicted molar refractivity (Wildman–Crippen MR) is 198 cm³/mol. The monoisotopic (exact) mass is 756 g/mol. The van der Waals surface area contributed by atoms with Crippen molar-refractivity contribution in [3.8, 4) is 11.1 Å². The van der Waals surface area contributed by atoms with Crippen molar-refractivity contribution in [2.24, 2.45) is 16.8 Å². The highest BCUT2D eigenvalue weighted by atomic mass is 35.5. The topological polar surface area (TPSA) is 183 Å². The smallest absolute Gasteiger partial charge is 0.324 e. The molecule has 0 aliphatic rings. The Morgan fingerprint density at radius 1 is 0.840 bits per heavy atom. The van der Waals surface area contributed by atoms with Gasteiger partial charge < -0.3 is 20.8 Å². The van der Waals surface area contributed by atoms with E-state index in [1.807, 2.05) is 13.8 Å². The largest absolute Gasteiger partial charge is 0.481 e. The van der Waals surface area contributed by atoms with Crippen molar-refractivity contribution in [2.75, 3.05) is 10.6 Å². The van der Waals surface area contributed by atoms with E-state index >= 15 is 0 Å². The number of carbonyl (C=O) groups is 4. The molecule has 4 rings (SSSR count). The van der Waals surface area contributed by atoms with Gasteiger partial charge in [-0.3, -0.25) is 29.5 Å². The number of allylic oxidation sites excluding steroid dienone is 1. The van der Waals surface area contributed by atoms with E-state index in [2.05, 4.69) is 30.9 Å². The van der Waals surface area contributed by atoms with Crippen molar-refractivity contribution in [2.45, 2.75) is 46.8 Å². The number of anilines is 2. The van der Waals surface area contributed by atoms with E-state index in [0.29, 0.717) is 32.3 Å². The number of amides is 2. The first-order chi connectivity index (χ1) is 23.7. The number of nitrogens with zero attached hydrogens (tertiary/aromatic N) is 3. The minimum atomic E-state index is -1.01. The zero-order valence-corrected chi connectivity index (χ0v) is 30.5. The first-order valence-electron chi connectivity index (χ1n) is 15.2. The van der Waals surface area contributed by atoms with Crippen LogP contribution in [0.5, 0.6) is 0 Å². The number of aliphatic imine (C=N–C) groups is 1. The average Bonchev–Trinajstić information content (AvgIpc) is 3.73. The van der Waals surface area contributed by atoms with Gasteiger partial charge in [-0.25, -0.2) is 9.97 Å². The minimum Gasteiger partial charge on any atom is -0.481 e. The molecule has 16 heteroatoms. The van der Waals surface area contributed by atoms with Gasteiger partial charge in [-0.05, 0) is 31.9 Å². The van der Waals surface area contributed by atoms with Crippen molar-refractivity contribution in [3.63, 3.8) is 0 Å². The SMILES string of the molecule is CC(C)=CC(NCc1cnc(C(=O)Nc2cccc(-c3cccc(NC(=O)c4ncc(CN=CC(C(=O)O)C(C)C)s4)c3Cl)c2Cl)s1)C(=O)O. The van der Waals surface area contributed by atoms with Crippen LogP contribution in [-0.2, 0) is 22.7 Å². The third-order valence-corrected chi connectivity index (χ3v) is 9.85. The lowest BCUT2D eigenvalue weighted by molar-refractivity contribution is -0.140. The van der Waals surface area contributed by atoms with Crippen LogP contribution in [0.1, 0.15) is 57.1 Å². The number of nitrogens with one attached hydrogen (secondary N) is 3. The molecule has 0 aliphatic heterocycles. The van der Waals surface area contributed by atoms with Crippen molar-refractivity contribution in [1.82, 2.24) is 15.3 Å². The molecular weight excluding hydrogens is 723 g/mol. The molecule has 0 radical (unpaired) electrons. The zero-order valence-electron chi connectivity index (χ0n) is 27.4. The summed E-state index contributed by atoms with van der Waals surface area (Å²) >= 11 is 15.8. The van der Waals surface area contributed by atoms with Crippen LogP contribution in [0.25, 0.3) is 11.1 Å². The standard InChI is InChI=1S/C34H34Cl2N6O6S2/c1-17(2)11-26(34(47)48)38-13-20-15-40-32(50-20)30(44)42-25-10-6-8-22(28(25)36)21-7-5-9-24(27(21)35)41-29(43)31-39-14-19(49-31)12-37-16-23(18(3)4)33(45)46/h5-11,14-16,18,23,26,38H,12-13H2,1-4H3,(H,41,43)(H,42,44)(H,45,46)(H,47,48). The van der Waals surface area contributed by atoms with E-state index in [9.17, 15) is 29.4 Å². The van der Waals surface area contributed by atoms with E-state index in [-0.39, 0.29) is 39.1 Å². The van der Waals surface area contributed by atoms with E-state index < -0.39 is 35.7 Å². The fourth-order valence-corrected chi connectivity index (χ4v) is 6.59. The normalized spacial score (nSPS) is 12.5. The molecule has 262 valence electrons. The van der Waals surface area contributed by atoms with Gasteiger partial charge in [0.15, 0.2) is 10.0 Å². The molecule has 2 heterocycles. The van der Waals surface area contributed by atoms with Crippen LogP contribution in [0.4, 0.5) is 11.4 Å². The lowest BCUT2D eigenvalue weighted by atomic mass is 9.98. The van der Waals surface area contributed by atoms with Crippen LogP contribution < -0.4 is 16.0 Å². The molecule has 0 saturated heterocycles. The lowest BCUT2D eigenvalue weighted by Crippen LogP contribution is -2.34. The first kappa shape index (κ1) is 38.3. The molecule has 0 spiro atoms. The lowest BCUT2D eigenvalue weighted by Gasteiger charge is -2.14. The van der Waals surface area contributed by atoms with Crippen LogP contribution in [0.15, 0.2) is 65.4 Å². The van der Waals surface area contributed by atoms with Gasteiger partial charge in [-0.2, -0.15) is 0 Å². The number of carboxylic acids is 2. The fourth-order valence-electron chi connectivity index (χ4n) is 4.54. The maximum atomic E-state index is 13.1. The van der Waals surface area contributed by atoms with Crippen molar-refractivity contribution < 1.29 is 29.4 Å². The number of halogens is 2. The quantitative estimate of drug-likeness (QED) is 0.0605. The average molecular weight is 758 g/mol. The number of aromatic nitrogens is 2. The molecule has 5 N–H and O–H groups in total. The Morgan fingerprint density at radius 3 is 1.84 bits per heavy atom. The Labute approximate surface area is 306 Å². The molecule has 2 atom stereocenters. The highest BCUT2D eigenvalue weighted by Gasteiger charge is 2.21. The summed E-state index contributed by atoms with van der Waals surface area (Å²) in [6, 6.07) is 9.24. The number of rotatable bonds is 15. The maximum absolute atomic E-state index is 13.1. The van der Waals surface area contributed by atoms with E-state index in [1.165, 1.54) is 18.6 Å².